The van der Waals surface area contributed by atoms with Gasteiger partial charge in [0, 0.05) is 31.6 Å². The van der Waals surface area contributed by atoms with Gasteiger partial charge in [-0.1, -0.05) is 5.16 Å². The Morgan fingerprint density at radius 1 is 1.24 bits per heavy atom. The second-order valence-corrected chi connectivity index (χ2v) is 7.82. The topological polar surface area (TPSA) is 74.5 Å². The fraction of sp³-hybridized carbons (Fsp3) is 0.833. The van der Waals surface area contributed by atoms with E-state index in [1.54, 1.807) is 0 Å². The lowest BCUT2D eigenvalue weighted by Gasteiger charge is -2.34. The first-order valence-corrected chi connectivity index (χ1v) is 9.78. The van der Waals surface area contributed by atoms with E-state index in [0.29, 0.717) is 12.0 Å². The van der Waals surface area contributed by atoms with E-state index >= 15 is 0 Å². The quantitative estimate of drug-likeness (QED) is 0.841. The molecular weight excluding hydrogens is 318 g/mol. The van der Waals surface area contributed by atoms with Crippen LogP contribution >= 0.6 is 0 Å². The van der Waals surface area contributed by atoms with Crippen LogP contribution in [-0.4, -0.2) is 64.1 Å². The molecule has 3 heterocycles. The fourth-order valence-corrected chi connectivity index (χ4v) is 4.00. The molecule has 0 spiro atoms. The maximum absolute atomic E-state index is 12.5. The predicted octanol–water partition coefficient (Wildman–Crippen LogP) is 1.51. The molecule has 2 aliphatic heterocycles. The Morgan fingerprint density at radius 3 is 2.80 bits per heavy atom. The van der Waals surface area contributed by atoms with Crippen molar-refractivity contribution in [2.24, 2.45) is 0 Å². The van der Waals surface area contributed by atoms with Crippen LogP contribution in [0.25, 0.3) is 0 Å². The Bertz CT molecular complexity index is 594. The Hall–Kier alpha value is -1.47. The van der Waals surface area contributed by atoms with Crippen LogP contribution in [0, 0.1) is 0 Å². The second kappa shape index (κ2) is 7.41. The monoisotopic (exact) mass is 347 g/mol. The number of piperidine rings is 1. The van der Waals surface area contributed by atoms with Gasteiger partial charge in [-0.3, -0.25) is 9.69 Å². The van der Waals surface area contributed by atoms with Gasteiger partial charge in [0.1, 0.15) is 0 Å². The molecule has 1 saturated carbocycles. The highest BCUT2D eigenvalue weighted by molar-refractivity contribution is 5.81. The molecule has 1 aliphatic carbocycles. The van der Waals surface area contributed by atoms with Crippen LogP contribution in [0.5, 0.6) is 0 Å². The normalized spacial score (nSPS) is 26.1. The molecule has 7 heteroatoms. The fourth-order valence-electron chi connectivity index (χ4n) is 4.00. The van der Waals surface area contributed by atoms with Gasteiger partial charge in [-0.05, 0) is 52.0 Å². The Labute approximate surface area is 149 Å². The Balaban J connectivity index is 1.27. The third-order valence-electron chi connectivity index (χ3n) is 5.55. The van der Waals surface area contributed by atoms with Crippen molar-refractivity contribution in [2.75, 3.05) is 26.2 Å². The molecule has 0 unspecified atom stereocenters. The van der Waals surface area contributed by atoms with Crippen LogP contribution in [0.3, 0.4) is 0 Å². The second-order valence-electron chi connectivity index (χ2n) is 7.82. The maximum atomic E-state index is 12.5. The first kappa shape index (κ1) is 17.0. The average molecular weight is 347 g/mol. The number of rotatable bonds is 6. The van der Waals surface area contributed by atoms with E-state index in [0.717, 1.165) is 70.1 Å². The van der Waals surface area contributed by atoms with Crippen LogP contribution in [0.4, 0.5) is 0 Å². The molecule has 4 rings (SSSR count). The minimum atomic E-state index is -0.102. The highest BCUT2D eigenvalue weighted by Gasteiger charge is 2.31. The summed E-state index contributed by atoms with van der Waals surface area (Å²) in [6, 6.07) is 0.250. The van der Waals surface area contributed by atoms with Gasteiger partial charge in [0.05, 0.1) is 12.6 Å². The van der Waals surface area contributed by atoms with Crippen LogP contribution < -0.4 is 5.32 Å². The summed E-state index contributed by atoms with van der Waals surface area (Å²) in [7, 11) is 0. The van der Waals surface area contributed by atoms with Crippen molar-refractivity contribution in [2.45, 2.75) is 70.0 Å². The zero-order valence-corrected chi connectivity index (χ0v) is 15.1. The first-order chi connectivity index (χ1) is 12.2. The highest BCUT2D eigenvalue weighted by Crippen LogP contribution is 2.38. The molecule has 7 nitrogen and oxygen atoms in total. The highest BCUT2D eigenvalue weighted by atomic mass is 16.5. The number of aromatic nitrogens is 2. The van der Waals surface area contributed by atoms with Crippen molar-refractivity contribution in [3.8, 4) is 0 Å². The third kappa shape index (κ3) is 4.20. The first-order valence-electron chi connectivity index (χ1n) is 9.78. The molecule has 138 valence electrons. The molecule has 0 aromatic carbocycles. The summed E-state index contributed by atoms with van der Waals surface area (Å²) in [4.78, 5) is 21.4. The molecule has 1 aromatic heterocycles. The molecule has 2 saturated heterocycles. The summed E-state index contributed by atoms with van der Waals surface area (Å²) in [5.74, 6) is 2.37. The zero-order chi connectivity index (χ0) is 17.2. The Morgan fingerprint density at radius 2 is 2.04 bits per heavy atom. The van der Waals surface area contributed by atoms with Crippen LogP contribution in [0.2, 0.25) is 0 Å². The van der Waals surface area contributed by atoms with E-state index < -0.39 is 0 Å². The molecule has 1 amide bonds. The van der Waals surface area contributed by atoms with Gasteiger partial charge >= 0.3 is 0 Å². The predicted molar refractivity (Wildman–Crippen MR) is 93.0 cm³/mol. The number of carbonyl (C=O) groups excluding carboxylic acids is 1. The average Bonchev–Trinajstić information content (AvgIpc) is 3.12. The van der Waals surface area contributed by atoms with E-state index in [4.69, 9.17) is 4.52 Å². The molecule has 1 aromatic rings. The van der Waals surface area contributed by atoms with Crippen molar-refractivity contribution < 1.29 is 9.32 Å². The molecule has 0 bridgehead atoms. The number of amides is 1. The molecule has 1 N–H and O–H groups in total. The summed E-state index contributed by atoms with van der Waals surface area (Å²) in [5.41, 5.74) is 0. The zero-order valence-electron chi connectivity index (χ0n) is 15.1. The molecular formula is C18H29N5O2. The maximum Gasteiger partial charge on any atom is 0.239 e. The van der Waals surface area contributed by atoms with Gasteiger partial charge in [0.15, 0.2) is 5.82 Å². The van der Waals surface area contributed by atoms with Crippen molar-refractivity contribution in [3.63, 3.8) is 0 Å². The smallest absolute Gasteiger partial charge is 0.239 e. The Kier molecular flexibility index (Phi) is 5.03. The van der Waals surface area contributed by atoms with Crippen molar-refractivity contribution in [1.29, 1.82) is 0 Å². The lowest BCUT2D eigenvalue weighted by molar-refractivity contribution is -0.132. The molecule has 25 heavy (non-hydrogen) atoms. The van der Waals surface area contributed by atoms with E-state index in [1.807, 2.05) is 11.8 Å². The number of nitrogens with zero attached hydrogens (tertiary/aromatic N) is 4. The molecule has 2 atom stereocenters. The number of likely N-dealkylation sites (tertiary alicyclic amines) is 2. The van der Waals surface area contributed by atoms with Crippen LogP contribution in [-0.2, 0) is 11.3 Å². The van der Waals surface area contributed by atoms with Crippen LogP contribution in [0.15, 0.2) is 4.52 Å². The van der Waals surface area contributed by atoms with E-state index in [-0.39, 0.29) is 11.9 Å². The summed E-state index contributed by atoms with van der Waals surface area (Å²) < 4.78 is 5.36. The number of hydrogen-bond acceptors (Lipinski definition) is 6. The minimum Gasteiger partial charge on any atom is -0.341 e. The van der Waals surface area contributed by atoms with Gasteiger partial charge < -0.3 is 14.7 Å². The summed E-state index contributed by atoms with van der Waals surface area (Å²) in [6.45, 7) is 6.57. The van der Waals surface area contributed by atoms with Crippen molar-refractivity contribution in [3.05, 3.63) is 11.7 Å². The van der Waals surface area contributed by atoms with Crippen molar-refractivity contribution >= 4 is 5.91 Å². The van der Waals surface area contributed by atoms with E-state index in [9.17, 15) is 4.79 Å². The van der Waals surface area contributed by atoms with Crippen LogP contribution in [0.1, 0.15) is 63.1 Å². The standard InChI is InChI=1S/C18H29N5O2/c1-13(18(24)23-9-2-3-10-23)19-15-5-4-8-22(11-15)12-16-20-17(25-21-16)14-6-7-14/h13-15,19H,2-12H2,1H3/t13-,15+/m0/s1. The molecule has 3 fully saturated rings. The van der Waals surface area contributed by atoms with Gasteiger partial charge in [-0.25, -0.2) is 0 Å². The number of hydrogen-bond donors (Lipinski definition) is 1. The van der Waals surface area contributed by atoms with E-state index in [1.165, 1.54) is 12.8 Å². The van der Waals surface area contributed by atoms with Gasteiger partial charge in [-0.15, -0.1) is 0 Å². The minimum absolute atomic E-state index is 0.102. The lowest BCUT2D eigenvalue weighted by atomic mass is 10.0. The molecule has 0 radical (unpaired) electrons. The van der Waals surface area contributed by atoms with E-state index in [2.05, 4.69) is 20.4 Å². The summed E-state index contributed by atoms with van der Waals surface area (Å²) >= 11 is 0. The van der Waals surface area contributed by atoms with Gasteiger partial charge in [-0.2, -0.15) is 4.98 Å². The SMILES string of the molecule is C[C@H](N[C@@H]1CCCN(Cc2noc(C3CC3)n2)C1)C(=O)N1CCCC1. The molecule has 3 aliphatic rings. The van der Waals surface area contributed by atoms with Crippen molar-refractivity contribution in [1.82, 2.24) is 25.3 Å². The summed E-state index contributed by atoms with van der Waals surface area (Å²) in [5, 5.41) is 7.68. The third-order valence-corrected chi connectivity index (χ3v) is 5.55. The number of carbonyl (C=O) groups is 1. The largest absolute Gasteiger partial charge is 0.341 e. The number of nitrogens with one attached hydrogen (secondary N) is 1. The van der Waals surface area contributed by atoms with Gasteiger partial charge in [0.2, 0.25) is 11.8 Å². The lowest BCUT2D eigenvalue weighted by Crippen LogP contribution is -2.52. The summed E-state index contributed by atoms with van der Waals surface area (Å²) in [6.07, 6.45) is 6.90. The van der Waals surface area contributed by atoms with Gasteiger partial charge in [0.25, 0.3) is 0 Å².